The number of halogens is 1. The van der Waals surface area contributed by atoms with Crippen LogP contribution in [0.3, 0.4) is 0 Å². The Kier molecular flexibility index (Phi) is 3.32. The second-order valence-electron chi connectivity index (χ2n) is 3.85. The SMILES string of the molecule is Cc1nnc(NC(=O)c2cc(F)cnc2N)nc1C. The third-order valence-corrected chi connectivity index (χ3v) is 2.45. The first kappa shape index (κ1) is 12.8. The van der Waals surface area contributed by atoms with Gasteiger partial charge in [0.2, 0.25) is 5.95 Å². The maximum Gasteiger partial charge on any atom is 0.261 e. The lowest BCUT2D eigenvalue weighted by molar-refractivity contribution is 0.102. The number of nitrogens with one attached hydrogen (secondary N) is 1. The molecule has 0 aromatic carbocycles. The van der Waals surface area contributed by atoms with Crippen molar-refractivity contribution in [2.45, 2.75) is 13.8 Å². The van der Waals surface area contributed by atoms with Crippen molar-refractivity contribution in [3.8, 4) is 0 Å². The maximum atomic E-state index is 13.0. The lowest BCUT2D eigenvalue weighted by Gasteiger charge is -2.06. The average Bonchev–Trinajstić information content (AvgIpc) is 2.36. The minimum atomic E-state index is -0.654. The van der Waals surface area contributed by atoms with Gasteiger partial charge in [-0.05, 0) is 19.9 Å². The van der Waals surface area contributed by atoms with Crippen molar-refractivity contribution in [3.63, 3.8) is 0 Å². The zero-order chi connectivity index (χ0) is 14.0. The number of aromatic nitrogens is 4. The molecule has 0 bridgehead atoms. The summed E-state index contributed by atoms with van der Waals surface area (Å²) in [6, 6.07) is 0.992. The van der Waals surface area contributed by atoms with Crippen molar-refractivity contribution in [2.75, 3.05) is 11.1 Å². The molecule has 8 heteroatoms. The number of amides is 1. The van der Waals surface area contributed by atoms with E-state index in [9.17, 15) is 9.18 Å². The maximum absolute atomic E-state index is 13.0. The fourth-order valence-electron chi connectivity index (χ4n) is 1.31. The molecule has 7 nitrogen and oxygen atoms in total. The van der Waals surface area contributed by atoms with Crippen LogP contribution >= 0.6 is 0 Å². The number of anilines is 2. The second-order valence-corrected chi connectivity index (χ2v) is 3.85. The summed E-state index contributed by atoms with van der Waals surface area (Å²) in [6.07, 6.45) is 0.931. The van der Waals surface area contributed by atoms with Gasteiger partial charge in [-0.25, -0.2) is 14.4 Å². The molecule has 2 aromatic heterocycles. The van der Waals surface area contributed by atoms with E-state index < -0.39 is 11.7 Å². The number of aryl methyl sites for hydroxylation is 2. The first-order valence-electron chi connectivity index (χ1n) is 5.37. The monoisotopic (exact) mass is 262 g/mol. The van der Waals surface area contributed by atoms with Gasteiger partial charge in [0.05, 0.1) is 23.1 Å². The number of carbonyl (C=O) groups is 1. The van der Waals surface area contributed by atoms with Crippen molar-refractivity contribution >= 4 is 17.7 Å². The van der Waals surface area contributed by atoms with Crippen LogP contribution in [-0.2, 0) is 0 Å². The predicted octanol–water partition coefficient (Wildman–Crippen LogP) is 0.857. The number of nitrogens with zero attached hydrogens (tertiary/aromatic N) is 4. The van der Waals surface area contributed by atoms with Crippen LogP contribution in [0.1, 0.15) is 21.7 Å². The van der Waals surface area contributed by atoms with Crippen LogP contribution < -0.4 is 11.1 Å². The minimum Gasteiger partial charge on any atom is -0.383 e. The Bertz CT molecular complexity index is 645. The molecule has 98 valence electrons. The van der Waals surface area contributed by atoms with Crippen LogP contribution in [0.4, 0.5) is 16.2 Å². The van der Waals surface area contributed by atoms with Gasteiger partial charge >= 0.3 is 0 Å². The van der Waals surface area contributed by atoms with E-state index in [1.807, 2.05) is 0 Å². The van der Waals surface area contributed by atoms with Crippen LogP contribution in [0.25, 0.3) is 0 Å². The van der Waals surface area contributed by atoms with Gasteiger partial charge in [0.1, 0.15) is 11.6 Å². The van der Waals surface area contributed by atoms with Gasteiger partial charge in [-0.15, -0.1) is 5.10 Å². The number of nitrogen functional groups attached to an aromatic ring is 1. The lowest BCUT2D eigenvalue weighted by atomic mass is 10.2. The highest BCUT2D eigenvalue weighted by Gasteiger charge is 2.14. The van der Waals surface area contributed by atoms with Crippen molar-refractivity contribution in [2.24, 2.45) is 0 Å². The first-order valence-corrected chi connectivity index (χ1v) is 5.37. The third-order valence-electron chi connectivity index (χ3n) is 2.45. The molecule has 0 fully saturated rings. The van der Waals surface area contributed by atoms with E-state index in [1.54, 1.807) is 13.8 Å². The smallest absolute Gasteiger partial charge is 0.261 e. The lowest BCUT2D eigenvalue weighted by Crippen LogP contribution is -2.18. The van der Waals surface area contributed by atoms with Gasteiger partial charge in [-0.1, -0.05) is 0 Å². The van der Waals surface area contributed by atoms with E-state index in [-0.39, 0.29) is 17.3 Å². The Balaban J connectivity index is 2.25. The summed E-state index contributed by atoms with van der Waals surface area (Å²) < 4.78 is 13.0. The summed E-state index contributed by atoms with van der Waals surface area (Å²) in [5, 5.41) is 9.91. The molecular formula is C11H11FN6O. The summed E-state index contributed by atoms with van der Waals surface area (Å²) in [5.41, 5.74) is 6.71. The number of hydrogen-bond acceptors (Lipinski definition) is 6. The van der Waals surface area contributed by atoms with Crippen LogP contribution in [0.2, 0.25) is 0 Å². The summed E-state index contributed by atoms with van der Waals surface area (Å²) in [5.74, 6) is -1.35. The summed E-state index contributed by atoms with van der Waals surface area (Å²) in [4.78, 5) is 19.5. The molecule has 0 spiro atoms. The zero-order valence-electron chi connectivity index (χ0n) is 10.3. The van der Waals surface area contributed by atoms with E-state index in [4.69, 9.17) is 5.73 Å². The Hall–Kier alpha value is -2.64. The van der Waals surface area contributed by atoms with Gasteiger partial charge < -0.3 is 5.73 Å². The number of carbonyl (C=O) groups excluding carboxylic acids is 1. The molecule has 2 heterocycles. The molecule has 2 aromatic rings. The molecule has 0 aliphatic rings. The summed E-state index contributed by atoms with van der Waals surface area (Å²) >= 11 is 0. The van der Waals surface area contributed by atoms with E-state index in [1.165, 1.54) is 0 Å². The topological polar surface area (TPSA) is 107 Å². The van der Waals surface area contributed by atoms with Gasteiger partial charge in [-0.2, -0.15) is 5.10 Å². The summed E-state index contributed by atoms with van der Waals surface area (Å²) in [6.45, 7) is 3.48. The molecule has 0 aliphatic heterocycles. The second kappa shape index (κ2) is 4.92. The fraction of sp³-hybridized carbons (Fsp3) is 0.182. The average molecular weight is 262 g/mol. The molecule has 2 rings (SSSR count). The Morgan fingerprint density at radius 2 is 2.05 bits per heavy atom. The van der Waals surface area contributed by atoms with Gasteiger partial charge in [-0.3, -0.25) is 10.1 Å². The minimum absolute atomic E-state index is 0.0248. The Labute approximate surface area is 108 Å². The highest BCUT2D eigenvalue weighted by Crippen LogP contribution is 2.12. The molecule has 19 heavy (non-hydrogen) atoms. The Morgan fingerprint density at radius 1 is 1.32 bits per heavy atom. The van der Waals surface area contributed by atoms with Crippen LogP contribution in [0.5, 0.6) is 0 Å². The molecule has 0 aliphatic carbocycles. The first-order chi connectivity index (χ1) is 8.97. The van der Waals surface area contributed by atoms with Crippen LogP contribution in [0, 0.1) is 19.7 Å². The van der Waals surface area contributed by atoms with Crippen LogP contribution in [-0.4, -0.2) is 26.1 Å². The van der Waals surface area contributed by atoms with Gasteiger partial charge in [0, 0.05) is 0 Å². The fourth-order valence-corrected chi connectivity index (χ4v) is 1.31. The normalized spacial score (nSPS) is 10.3. The largest absolute Gasteiger partial charge is 0.383 e. The highest BCUT2D eigenvalue weighted by molar-refractivity contribution is 6.06. The third kappa shape index (κ3) is 2.79. The van der Waals surface area contributed by atoms with Crippen molar-refractivity contribution in [1.29, 1.82) is 0 Å². The van der Waals surface area contributed by atoms with E-state index in [0.717, 1.165) is 12.3 Å². The molecule has 0 saturated heterocycles. The van der Waals surface area contributed by atoms with E-state index in [2.05, 4.69) is 25.5 Å². The molecule has 0 atom stereocenters. The molecular weight excluding hydrogens is 251 g/mol. The summed E-state index contributed by atoms with van der Waals surface area (Å²) in [7, 11) is 0. The molecule has 0 radical (unpaired) electrons. The van der Waals surface area contributed by atoms with Gasteiger partial charge in [0.25, 0.3) is 5.91 Å². The molecule has 0 saturated carbocycles. The van der Waals surface area contributed by atoms with E-state index in [0.29, 0.717) is 11.4 Å². The predicted molar refractivity (Wildman–Crippen MR) is 65.9 cm³/mol. The quantitative estimate of drug-likeness (QED) is 0.831. The van der Waals surface area contributed by atoms with E-state index >= 15 is 0 Å². The zero-order valence-corrected chi connectivity index (χ0v) is 10.3. The number of hydrogen-bond donors (Lipinski definition) is 2. The van der Waals surface area contributed by atoms with Crippen LogP contribution in [0.15, 0.2) is 12.3 Å². The highest BCUT2D eigenvalue weighted by atomic mass is 19.1. The van der Waals surface area contributed by atoms with Crippen molar-refractivity contribution < 1.29 is 9.18 Å². The van der Waals surface area contributed by atoms with Crippen molar-refractivity contribution in [3.05, 3.63) is 35.0 Å². The van der Waals surface area contributed by atoms with Crippen molar-refractivity contribution in [1.82, 2.24) is 20.2 Å². The number of pyridine rings is 1. The standard InChI is InChI=1S/C11H11FN6O/c1-5-6(2)17-18-11(15-5)16-10(19)8-3-7(12)4-14-9(8)13/h3-4H,1-2H3,(H2,13,14)(H,15,16,18,19). The molecule has 1 amide bonds. The molecule has 0 unspecified atom stereocenters. The van der Waals surface area contributed by atoms with Gasteiger partial charge in [0.15, 0.2) is 0 Å². The number of nitrogens with two attached hydrogens (primary N) is 1. The Morgan fingerprint density at radius 3 is 2.74 bits per heavy atom. The molecule has 3 N–H and O–H groups in total. The number of rotatable bonds is 2.